The van der Waals surface area contributed by atoms with Gasteiger partial charge in [-0.25, -0.2) is 8.78 Å². The Morgan fingerprint density at radius 2 is 1.86 bits per heavy atom. The van der Waals surface area contributed by atoms with Crippen LogP contribution in [0.4, 0.5) is 36.4 Å². The summed E-state index contributed by atoms with van der Waals surface area (Å²) >= 11 is 0. The summed E-state index contributed by atoms with van der Waals surface area (Å²) in [5, 5.41) is 9.43. The van der Waals surface area contributed by atoms with Gasteiger partial charge in [-0.1, -0.05) is 12.1 Å². The van der Waals surface area contributed by atoms with Gasteiger partial charge in [-0.3, -0.25) is 9.78 Å². The number of hydrogen-bond donors (Lipinski definition) is 1. The first-order chi connectivity index (χ1) is 12.9. The number of rotatable bonds is 4. The molecule has 0 fully saturated rings. The summed E-state index contributed by atoms with van der Waals surface area (Å²) in [7, 11) is 0. The van der Waals surface area contributed by atoms with Gasteiger partial charge in [-0.2, -0.15) is 22.0 Å². The second-order valence-electron chi connectivity index (χ2n) is 6.04. The van der Waals surface area contributed by atoms with Crippen LogP contribution in [-0.2, 0) is 17.3 Å². The number of nitrogens with zero attached hydrogens (tertiary/aromatic N) is 2. The fraction of sp³-hybridized carbons (Fsp3) is 0.294. The molecule has 1 amide bonds. The first-order valence-electron chi connectivity index (χ1n) is 7.75. The second kappa shape index (κ2) is 6.73. The Kier molecular flexibility index (Phi) is 4.82. The van der Waals surface area contributed by atoms with Gasteiger partial charge in [-0.05, 0) is 23.8 Å². The van der Waals surface area contributed by atoms with E-state index in [-0.39, 0.29) is 5.56 Å². The largest absolute Gasteiger partial charge is 0.418 e. The minimum Gasteiger partial charge on any atom is -0.379 e. The van der Waals surface area contributed by atoms with Crippen LogP contribution in [0.25, 0.3) is 0 Å². The molecule has 28 heavy (non-hydrogen) atoms. The highest BCUT2D eigenvalue weighted by Crippen LogP contribution is 2.49. The molecule has 0 radical (unpaired) electrons. The molecule has 1 aromatic carbocycles. The number of benzene rings is 1. The van der Waals surface area contributed by atoms with Gasteiger partial charge in [0.25, 0.3) is 6.43 Å². The lowest BCUT2D eigenvalue weighted by Crippen LogP contribution is -2.34. The molecular formula is C17H11F7N2O2. The van der Waals surface area contributed by atoms with Crippen molar-refractivity contribution in [2.24, 2.45) is 0 Å². The molecule has 1 aromatic heterocycles. The molecule has 0 saturated carbocycles. The summed E-state index contributed by atoms with van der Waals surface area (Å²) in [5.41, 5.74) is -3.55. The average molecular weight is 408 g/mol. The molecule has 4 nitrogen and oxygen atoms in total. The lowest BCUT2D eigenvalue weighted by molar-refractivity contribution is -0.207. The Labute approximate surface area is 153 Å². The third-order valence-corrected chi connectivity index (χ3v) is 4.21. The maximum Gasteiger partial charge on any atom is 0.418 e. The number of halogens is 7. The topological polar surface area (TPSA) is 53.4 Å². The minimum atomic E-state index is -5.22. The van der Waals surface area contributed by atoms with Crippen LogP contribution in [0, 0.1) is 0 Å². The Bertz CT molecular complexity index is 915. The van der Waals surface area contributed by atoms with Crippen LogP contribution in [0.5, 0.6) is 0 Å². The SMILES string of the molecule is O=C1N(Cc2ccnc(C(F)F)c2)c2cccc([C@@H](O)C(F)(F)F)c2C1(F)F. The lowest BCUT2D eigenvalue weighted by atomic mass is 9.97. The molecule has 1 N–H and O–H groups in total. The predicted octanol–water partition coefficient (Wildman–Crippen LogP) is 4.25. The Morgan fingerprint density at radius 3 is 2.46 bits per heavy atom. The highest BCUT2D eigenvalue weighted by molar-refractivity contribution is 6.06. The van der Waals surface area contributed by atoms with Gasteiger partial charge in [0.05, 0.1) is 17.8 Å². The first-order valence-corrected chi connectivity index (χ1v) is 7.75. The molecule has 1 aliphatic rings. The zero-order chi connectivity index (χ0) is 20.9. The van der Waals surface area contributed by atoms with E-state index in [1.165, 1.54) is 6.07 Å². The van der Waals surface area contributed by atoms with Crippen molar-refractivity contribution in [3.8, 4) is 0 Å². The van der Waals surface area contributed by atoms with Gasteiger partial charge in [0, 0.05) is 11.8 Å². The van der Waals surface area contributed by atoms with Crippen molar-refractivity contribution in [2.75, 3.05) is 4.90 Å². The van der Waals surface area contributed by atoms with Gasteiger partial charge in [0.1, 0.15) is 5.69 Å². The maximum atomic E-state index is 14.5. The Balaban J connectivity index is 2.06. The van der Waals surface area contributed by atoms with Gasteiger partial charge in [0.2, 0.25) is 0 Å². The number of aromatic nitrogens is 1. The standard InChI is InChI=1S/C17H11F7N2O2/c18-14(19)10-6-8(4-5-25-10)7-26-11-3-1-2-9(13(27)17(22,23)24)12(11)16(20,21)15(26)28/h1-6,13-14,27H,7H2/t13-/m1/s1. The summed E-state index contributed by atoms with van der Waals surface area (Å²) in [4.78, 5) is 16.1. The number of aliphatic hydroxyl groups excluding tert-OH is 1. The van der Waals surface area contributed by atoms with E-state index in [2.05, 4.69) is 4.98 Å². The Morgan fingerprint density at radius 1 is 1.18 bits per heavy atom. The van der Waals surface area contributed by atoms with Crippen molar-refractivity contribution in [1.82, 2.24) is 4.98 Å². The molecule has 11 heteroatoms. The van der Waals surface area contributed by atoms with Gasteiger partial charge >= 0.3 is 18.0 Å². The van der Waals surface area contributed by atoms with E-state index in [1.54, 1.807) is 0 Å². The van der Waals surface area contributed by atoms with E-state index in [9.17, 15) is 40.6 Å². The lowest BCUT2D eigenvalue weighted by Gasteiger charge is -2.20. The monoisotopic (exact) mass is 408 g/mol. The average Bonchev–Trinajstić information content (AvgIpc) is 2.81. The van der Waals surface area contributed by atoms with Gasteiger partial charge in [-0.15, -0.1) is 0 Å². The van der Waals surface area contributed by atoms with Crippen LogP contribution >= 0.6 is 0 Å². The fourth-order valence-electron chi connectivity index (χ4n) is 2.97. The Hall–Kier alpha value is -2.69. The van der Waals surface area contributed by atoms with Crippen LogP contribution in [0.15, 0.2) is 36.5 Å². The van der Waals surface area contributed by atoms with Crippen molar-refractivity contribution in [1.29, 1.82) is 0 Å². The first kappa shape index (κ1) is 20.1. The smallest absolute Gasteiger partial charge is 0.379 e. The van der Waals surface area contributed by atoms with Crippen LogP contribution in [0.3, 0.4) is 0 Å². The third kappa shape index (κ3) is 3.30. The van der Waals surface area contributed by atoms with Gasteiger partial charge in [0.15, 0.2) is 6.10 Å². The molecule has 0 spiro atoms. The van der Waals surface area contributed by atoms with Crippen molar-refractivity contribution in [2.45, 2.75) is 31.2 Å². The molecule has 0 unspecified atom stereocenters. The number of hydrogen-bond acceptors (Lipinski definition) is 3. The highest BCUT2D eigenvalue weighted by atomic mass is 19.4. The zero-order valence-corrected chi connectivity index (χ0v) is 13.7. The zero-order valence-electron chi connectivity index (χ0n) is 13.7. The van der Waals surface area contributed by atoms with E-state index in [1.807, 2.05) is 0 Å². The van der Waals surface area contributed by atoms with Crippen molar-refractivity contribution < 1.29 is 40.6 Å². The maximum absolute atomic E-state index is 14.5. The van der Waals surface area contributed by atoms with Crippen LogP contribution in [-0.4, -0.2) is 22.2 Å². The van der Waals surface area contributed by atoms with E-state index in [4.69, 9.17) is 0 Å². The summed E-state index contributed by atoms with van der Waals surface area (Å²) in [6, 6.07) is 4.76. The number of aliphatic hydroxyl groups is 1. The number of alkyl halides is 7. The summed E-state index contributed by atoms with van der Waals surface area (Å²) in [5.74, 6) is -6.14. The second-order valence-corrected chi connectivity index (χ2v) is 6.04. The van der Waals surface area contributed by atoms with E-state index < -0.39 is 59.6 Å². The molecule has 0 saturated heterocycles. The number of anilines is 1. The van der Waals surface area contributed by atoms with Crippen molar-refractivity contribution in [3.05, 3.63) is 58.9 Å². The fourth-order valence-corrected chi connectivity index (χ4v) is 2.97. The molecule has 0 aliphatic carbocycles. The highest BCUT2D eigenvalue weighted by Gasteiger charge is 2.56. The van der Waals surface area contributed by atoms with E-state index >= 15 is 0 Å². The number of pyridine rings is 1. The molecule has 1 atom stereocenters. The van der Waals surface area contributed by atoms with Crippen molar-refractivity contribution >= 4 is 11.6 Å². The van der Waals surface area contributed by atoms with Crippen LogP contribution < -0.4 is 4.90 Å². The quantitative estimate of drug-likeness (QED) is 0.770. The van der Waals surface area contributed by atoms with Gasteiger partial charge < -0.3 is 10.0 Å². The summed E-state index contributed by atoms with van der Waals surface area (Å²) in [6.07, 6.45) is -10.4. The summed E-state index contributed by atoms with van der Waals surface area (Å²) in [6.45, 7) is -0.588. The van der Waals surface area contributed by atoms with E-state index in [0.29, 0.717) is 11.0 Å². The summed E-state index contributed by atoms with van der Waals surface area (Å²) < 4.78 is 93.0. The number of amides is 1. The number of carbonyl (C=O) groups excluding carboxylic acids is 1. The molecule has 2 aromatic rings. The molecule has 150 valence electrons. The van der Waals surface area contributed by atoms with E-state index in [0.717, 1.165) is 24.4 Å². The number of carbonyl (C=O) groups is 1. The molecule has 3 rings (SSSR count). The normalized spacial score (nSPS) is 17.2. The molecule has 1 aliphatic heterocycles. The molecule has 0 bridgehead atoms. The molecule has 2 heterocycles. The van der Waals surface area contributed by atoms with Crippen LogP contribution in [0.1, 0.15) is 34.9 Å². The third-order valence-electron chi connectivity index (χ3n) is 4.21. The van der Waals surface area contributed by atoms with Crippen molar-refractivity contribution in [3.63, 3.8) is 0 Å². The predicted molar refractivity (Wildman–Crippen MR) is 81.7 cm³/mol. The number of fused-ring (bicyclic) bond motifs is 1. The van der Waals surface area contributed by atoms with Crippen LogP contribution in [0.2, 0.25) is 0 Å². The minimum absolute atomic E-state index is 0.0315. The molecular weight excluding hydrogens is 397 g/mol.